The van der Waals surface area contributed by atoms with Crippen LogP contribution in [-0.4, -0.2) is 10.1 Å². The van der Waals surface area contributed by atoms with Gasteiger partial charge in [0.15, 0.2) is 0 Å². The van der Waals surface area contributed by atoms with E-state index in [4.69, 9.17) is 0 Å². The molecule has 0 saturated heterocycles. The van der Waals surface area contributed by atoms with Gasteiger partial charge in [0.05, 0.1) is 0 Å². The monoisotopic (exact) mass is 205 g/mol. The maximum absolute atomic E-state index is 9.61. The molecule has 0 atom stereocenters. The van der Waals surface area contributed by atoms with Gasteiger partial charge in [0.1, 0.15) is 10.8 Å². The summed E-state index contributed by atoms with van der Waals surface area (Å²) in [6, 6.07) is 3.92. The number of aromatic nitrogens is 1. The number of aryl methyl sites for hydroxylation is 2. The zero-order valence-electron chi connectivity index (χ0n) is 8.11. The van der Waals surface area contributed by atoms with Gasteiger partial charge in [-0.15, -0.1) is 11.3 Å². The third-order valence-electron chi connectivity index (χ3n) is 2.17. The van der Waals surface area contributed by atoms with Crippen molar-refractivity contribution in [3.05, 3.63) is 34.8 Å². The molecule has 1 N–H and O–H groups in total. The number of phenols is 1. The van der Waals surface area contributed by atoms with Crippen LogP contribution in [0.1, 0.15) is 11.1 Å². The molecule has 2 aromatic rings. The standard InChI is InChI=1S/C11H11NOS/c1-7-5-9(6-8(2)10(7)13)11-12-3-4-14-11/h3-6,13H,1-2H3. The van der Waals surface area contributed by atoms with E-state index in [1.54, 1.807) is 17.5 Å². The minimum atomic E-state index is 0.380. The highest BCUT2D eigenvalue weighted by Gasteiger charge is 2.06. The Balaban J connectivity index is 2.57. The largest absolute Gasteiger partial charge is 0.507 e. The predicted octanol–water partition coefficient (Wildman–Crippen LogP) is 3.13. The Bertz CT molecular complexity index is 425. The molecule has 0 aliphatic heterocycles. The molecule has 0 fully saturated rings. The lowest BCUT2D eigenvalue weighted by molar-refractivity contribution is 0.467. The first-order chi connectivity index (χ1) is 6.68. The summed E-state index contributed by atoms with van der Waals surface area (Å²) in [6.45, 7) is 3.80. The number of benzene rings is 1. The molecule has 1 aromatic carbocycles. The van der Waals surface area contributed by atoms with Gasteiger partial charge >= 0.3 is 0 Å². The zero-order chi connectivity index (χ0) is 10.1. The molecule has 14 heavy (non-hydrogen) atoms. The number of hydrogen-bond donors (Lipinski definition) is 1. The van der Waals surface area contributed by atoms with Gasteiger partial charge in [0, 0.05) is 17.1 Å². The summed E-state index contributed by atoms with van der Waals surface area (Å²) < 4.78 is 0. The van der Waals surface area contributed by atoms with Crippen LogP contribution in [0.3, 0.4) is 0 Å². The van der Waals surface area contributed by atoms with Crippen molar-refractivity contribution in [2.24, 2.45) is 0 Å². The first-order valence-corrected chi connectivity index (χ1v) is 5.26. The Morgan fingerprint density at radius 2 is 1.86 bits per heavy atom. The lowest BCUT2D eigenvalue weighted by Gasteiger charge is -2.05. The van der Waals surface area contributed by atoms with Crippen LogP contribution >= 0.6 is 11.3 Å². The van der Waals surface area contributed by atoms with Crippen molar-refractivity contribution in [1.82, 2.24) is 4.98 Å². The molecule has 0 amide bonds. The van der Waals surface area contributed by atoms with E-state index >= 15 is 0 Å². The normalized spacial score (nSPS) is 10.4. The van der Waals surface area contributed by atoms with Crippen LogP contribution in [0.2, 0.25) is 0 Å². The summed E-state index contributed by atoms with van der Waals surface area (Å²) in [4.78, 5) is 4.24. The van der Waals surface area contributed by atoms with Crippen molar-refractivity contribution >= 4 is 11.3 Å². The molecule has 2 nitrogen and oxygen atoms in total. The van der Waals surface area contributed by atoms with Crippen molar-refractivity contribution in [2.75, 3.05) is 0 Å². The van der Waals surface area contributed by atoms with Gasteiger partial charge in [-0.05, 0) is 37.1 Å². The third-order valence-corrected chi connectivity index (χ3v) is 2.99. The van der Waals surface area contributed by atoms with E-state index in [0.717, 1.165) is 21.7 Å². The second kappa shape index (κ2) is 3.42. The molecule has 0 bridgehead atoms. The lowest BCUT2D eigenvalue weighted by Crippen LogP contribution is -1.83. The highest BCUT2D eigenvalue weighted by atomic mass is 32.1. The van der Waals surface area contributed by atoms with Crippen molar-refractivity contribution in [3.8, 4) is 16.3 Å². The van der Waals surface area contributed by atoms with Gasteiger partial charge in [0.25, 0.3) is 0 Å². The van der Waals surface area contributed by atoms with Gasteiger partial charge in [-0.25, -0.2) is 4.98 Å². The summed E-state index contributed by atoms with van der Waals surface area (Å²) in [5.74, 6) is 0.380. The fraction of sp³-hybridized carbons (Fsp3) is 0.182. The molecular formula is C11H11NOS. The van der Waals surface area contributed by atoms with Gasteiger partial charge in [-0.1, -0.05) is 0 Å². The molecule has 0 unspecified atom stereocenters. The van der Waals surface area contributed by atoms with E-state index in [-0.39, 0.29) is 0 Å². The zero-order valence-corrected chi connectivity index (χ0v) is 8.93. The quantitative estimate of drug-likeness (QED) is 0.775. The number of aromatic hydroxyl groups is 1. The first-order valence-electron chi connectivity index (χ1n) is 4.38. The van der Waals surface area contributed by atoms with Gasteiger partial charge in [0.2, 0.25) is 0 Å². The minimum absolute atomic E-state index is 0.380. The Morgan fingerprint density at radius 1 is 1.21 bits per heavy atom. The maximum Gasteiger partial charge on any atom is 0.123 e. The van der Waals surface area contributed by atoms with E-state index in [9.17, 15) is 5.11 Å². The number of nitrogens with zero attached hydrogens (tertiary/aromatic N) is 1. The molecule has 0 saturated carbocycles. The number of phenolic OH excluding ortho intramolecular Hbond substituents is 1. The highest BCUT2D eigenvalue weighted by molar-refractivity contribution is 7.13. The van der Waals surface area contributed by atoms with Gasteiger partial charge in [-0.3, -0.25) is 0 Å². The number of rotatable bonds is 1. The summed E-state index contributed by atoms with van der Waals surface area (Å²) in [7, 11) is 0. The Kier molecular flexibility index (Phi) is 2.25. The molecule has 0 aliphatic carbocycles. The maximum atomic E-state index is 9.61. The van der Waals surface area contributed by atoms with Crippen LogP contribution < -0.4 is 0 Å². The van der Waals surface area contributed by atoms with Gasteiger partial charge < -0.3 is 5.11 Å². The second-order valence-electron chi connectivity index (χ2n) is 3.30. The summed E-state index contributed by atoms with van der Waals surface area (Å²) in [5, 5.41) is 12.6. The van der Waals surface area contributed by atoms with Crippen LogP contribution in [0.4, 0.5) is 0 Å². The molecule has 3 heteroatoms. The van der Waals surface area contributed by atoms with Crippen LogP contribution in [0.5, 0.6) is 5.75 Å². The third kappa shape index (κ3) is 1.51. The van der Waals surface area contributed by atoms with Crippen LogP contribution in [0.25, 0.3) is 10.6 Å². The fourth-order valence-corrected chi connectivity index (χ4v) is 2.07. The van der Waals surface area contributed by atoms with E-state index in [0.29, 0.717) is 5.75 Å². The Morgan fingerprint density at radius 3 is 2.36 bits per heavy atom. The van der Waals surface area contributed by atoms with E-state index in [2.05, 4.69) is 4.98 Å². The molecule has 72 valence electrons. The number of thiazole rings is 1. The predicted molar refractivity (Wildman–Crippen MR) is 58.7 cm³/mol. The van der Waals surface area contributed by atoms with E-state index in [1.165, 1.54) is 0 Å². The smallest absolute Gasteiger partial charge is 0.123 e. The van der Waals surface area contributed by atoms with Crippen molar-refractivity contribution in [2.45, 2.75) is 13.8 Å². The molecule has 0 spiro atoms. The first kappa shape index (κ1) is 9.21. The second-order valence-corrected chi connectivity index (χ2v) is 4.19. The van der Waals surface area contributed by atoms with Crippen molar-refractivity contribution in [1.29, 1.82) is 0 Å². The van der Waals surface area contributed by atoms with Crippen molar-refractivity contribution in [3.63, 3.8) is 0 Å². The molecule has 2 rings (SSSR count). The average molecular weight is 205 g/mol. The van der Waals surface area contributed by atoms with E-state index < -0.39 is 0 Å². The Hall–Kier alpha value is -1.35. The molecule has 0 radical (unpaired) electrons. The van der Waals surface area contributed by atoms with Crippen LogP contribution in [0.15, 0.2) is 23.7 Å². The van der Waals surface area contributed by atoms with Gasteiger partial charge in [-0.2, -0.15) is 0 Å². The average Bonchev–Trinajstić information content (AvgIpc) is 2.66. The van der Waals surface area contributed by atoms with Crippen LogP contribution in [-0.2, 0) is 0 Å². The topological polar surface area (TPSA) is 33.1 Å². The van der Waals surface area contributed by atoms with Crippen molar-refractivity contribution < 1.29 is 5.11 Å². The lowest BCUT2D eigenvalue weighted by atomic mass is 10.1. The molecule has 0 aliphatic rings. The summed E-state index contributed by atoms with van der Waals surface area (Å²) >= 11 is 1.61. The minimum Gasteiger partial charge on any atom is -0.507 e. The SMILES string of the molecule is Cc1cc(-c2nccs2)cc(C)c1O. The molecule has 1 aromatic heterocycles. The Labute approximate surface area is 86.9 Å². The summed E-state index contributed by atoms with van der Waals surface area (Å²) in [6.07, 6.45) is 1.79. The number of hydrogen-bond acceptors (Lipinski definition) is 3. The summed E-state index contributed by atoms with van der Waals surface area (Å²) in [5.41, 5.74) is 2.87. The fourth-order valence-electron chi connectivity index (χ4n) is 1.45. The van der Waals surface area contributed by atoms with Crippen LogP contribution in [0, 0.1) is 13.8 Å². The molecular weight excluding hydrogens is 194 g/mol. The highest BCUT2D eigenvalue weighted by Crippen LogP contribution is 2.29. The van der Waals surface area contributed by atoms with E-state index in [1.807, 2.05) is 31.4 Å². The molecule has 1 heterocycles.